The van der Waals surface area contributed by atoms with Crippen molar-refractivity contribution in [2.45, 2.75) is 0 Å². The van der Waals surface area contributed by atoms with Crippen molar-refractivity contribution in [2.75, 3.05) is 7.11 Å². The van der Waals surface area contributed by atoms with Gasteiger partial charge in [-0.15, -0.1) is 0 Å². The zero-order valence-electron chi connectivity index (χ0n) is 11.6. The number of hydrogen-bond acceptors (Lipinski definition) is 5. The highest BCUT2D eigenvalue weighted by Gasteiger charge is 2.09. The maximum Gasteiger partial charge on any atom is 0.275 e. The molecular formula is C15H13IN2O4. The molecule has 0 spiro atoms. The summed E-state index contributed by atoms with van der Waals surface area (Å²) in [6.07, 6.45) is 1.42. The van der Waals surface area contributed by atoms with Crippen molar-refractivity contribution < 1.29 is 19.7 Å². The molecular weight excluding hydrogens is 399 g/mol. The molecule has 7 heteroatoms. The van der Waals surface area contributed by atoms with E-state index in [9.17, 15) is 15.0 Å². The molecule has 0 atom stereocenters. The van der Waals surface area contributed by atoms with Crippen LogP contribution in [0.15, 0.2) is 41.5 Å². The minimum atomic E-state index is -0.519. The van der Waals surface area contributed by atoms with Crippen LogP contribution in [0, 0.1) is 3.57 Å². The van der Waals surface area contributed by atoms with Crippen LogP contribution < -0.4 is 10.2 Å². The standard InChI is InChI=1S/C15H13IN2O4/c1-22-13-7-9(6-11(16)14(13)20)8-17-18-15(21)10-4-2-3-5-12(10)19/h2-8,19-20H,1H3,(H,18,21). The maximum atomic E-state index is 11.8. The molecule has 0 fully saturated rings. The molecule has 0 aliphatic heterocycles. The number of methoxy groups -OCH3 is 1. The predicted molar refractivity (Wildman–Crippen MR) is 90.5 cm³/mol. The number of hydrogen-bond donors (Lipinski definition) is 3. The molecule has 0 radical (unpaired) electrons. The van der Waals surface area contributed by atoms with Crippen molar-refractivity contribution in [1.29, 1.82) is 0 Å². The van der Waals surface area contributed by atoms with Gasteiger partial charge in [0.15, 0.2) is 11.5 Å². The Kier molecular flexibility index (Phi) is 5.21. The first-order valence-corrected chi connectivity index (χ1v) is 7.28. The zero-order chi connectivity index (χ0) is 16.1. The van der Waals surface area contributed by atoms with Gasteiger partial charge in [0, 0.05) is 0 Å². The first-order chi connectivity index (χ1) is 10.5. The molecule has 2 aromatic carbocycles. The fourth-order valence-electron chi connectivity index (χ4n) is 1.72. The Morgan fingerprint density at radius 2 is 2.05 bits per heavy atom. The Morgan fingerprint density at radius 3 is 2.73 bits per heavy atom. The van der Waals surface area contributed by atoms with E-state index in [1.165, 1.54) is 25.5 Å². The topological polar surface area (TPSA) is 91.2 Å². The number of ether oxygens (including phenoxy) is 1. The van der Waals surface area contributed by atoms with Crippen LogP contribution in [0.3, 0.4) is 0 Å². The summed E-state index contributed by atoms with van der Waals surface area (Å²) in [4.78, 5) is 11.8. The largest absolute Gasteiger partial charge is 0.507 e. The molecule has 0 heterocycles. The molecule has 2 rings (SSSR count). The van der Waals surface area contributed by atoms with Crippen LogP contribution in [0.25, 0.3) is 0 Å². The molecule has 0 bridgehead atoms. The lowest BCUT2D eigenvalue weighted by Crippen LogP contribution is -2.17. The highest BCUT2D eigenvalue weighted by Crippen LogP contribution is 2.31. The van der Waals surface area contributed by atoms with Gasteiger partial charge in [-0.1, -0.05) is 12.1 Å². The smallest absolute Gasteiger partial charge is 0.275 e. The summed E-state index contributed by atoms with van der Waals surface area (Å²) in [6, 6.07) is 9.46. The number of nitrogens with one attached hydrogen (secondary N) is 1. The third kappa shape index (κ3) is 3.67. The van der Waals surface area contributed by atoms with Gasteiger partial charge in [0.2, 0.25) is 0 Å². The van der Waals surface area contributed by atoms with Gasteiger partial charge in [0.25, 0.3) is 5.91 Å². The van der Waals surface area contributed by atoms with Crippen molar-refractivity contribution in [1.82, 2.24) is 5.43 Å². The third-order valence-electron chi connectivity index (χ3n) is 2.80. The molecule has 0 saturated carbocycles. The number of para-hydroxylation sites is 1. The van der Waals surface area contributed by atoms with Crippen LogP contribution in [-0.4, -0.2) is 29.4 Å². The van der Waals surface area contributed by atoms with E-state index in [4.69, 9.17) is 4.74 Å². The van der Waals surface area contributed by atoms with Gasteiger partial charge in [-0.25, -0.2) is 5.43 Å². The minimum absolute atomic E-state index is 0.0542. The second-order valence-electron chi connectivity index (χ2n) is 4.27. The number of benzene rings is 2. The fraction of sp³-hybridized carbons (Fsp3) is 0.0667. The summed E-state index contributed by atoms with van der Waals surface area (Å²) in [7, 11) is 1.45. The van der Waals surface area contributed by atoms with Crippen LogP contribution in [0.5, 0.6) is 17.2 Å². The highest BCUT2D eigenvalue weighted by atomic mass is 127. The monoisotopic (exact) mass is 412 g/mol. The number of aromatic hydroxyl groups is 2. The van der Waals surface area contributed by atoms with Gasteiger partial charge in [0.05, 0.1) is 22.5 Å². The number of amides is 1. The van der Waals surface area contributed by atoms with Crippen LogP contribution in [-0.2, 0) is 0 Å². The van der Waals surface area contributed by atoms with Crippen molar-refractivity contribution in [3.05, 3.63) is 51.1 Å². The van der Waals surface area contributed by atoms with Gasteiger partial charge < -0.3 is 14.9 Å². The number of phenolic OH excluding ortho intramolecular Hbond substituents is 2. The number of phenols is 2. The zero-order valence-corrected chi connectivity index (χ0v) is 13.7. The van der Waals surface area contributed by atoms with Gasteiger partial charge in [-0.3, -0.25) is 4.79 Å². The Labute approximate surface area is 140 Å². The molecule has 3 N–H and O–H groups in total. The van der Waals surface area contributed by atoms with Crippen molar-refractivity contribution in [3.63, 3.8) is 0 Å². The SMILES string of the molecule is COc1cc(C=NNC(=O)c2ccccc2O)cc(I)c1O. The lowest BCUT2D eigenvalue weighted by molar-refractivity contribution is 0.0952. The van der Waals surface area contributed by atoms with E-state index in [1.54, 1.807) is 24.3 Å². The number of carbonyl (C=O) groups excluding carboxylic acids is 1. The van der Waals surface area contributed by atoms with Gasteiger partial charge in [-0.2, -0.15) is 5.10 Å². The summed E-state index contributed by atoms with van der Waals surface area (Å²) in [5.74, 6) is -0.260. The summed E-state index contributed by atoms with van der Waals surface area (Å²) < 4.78 is 5.64. The third-order valence-corrected chi connectivity index (χ3v) is 3.62. The molecule has 6 nitrogen and oxygen atoms in total. The molecule has 114 valence electrons. The molecule has 0 unspecified atom stereocenters. The average molecular weight is 412 g/mol. The predicted octanol–water partition coefficient (Wildman–Crippen LogP) is 2.47. The Bertz CT molecular complexity index is 731. The lowest BCUT2D eigenvalue weighted by atomic mass is 10.2. The molecule has 22 heavy (non-hydrogen) atoms. The van der Waals surface area contributed by atoms with Gasteiger partial charge in [0.1, 0.15) is 5.75 Å². The molecule has 1 amide bonds. The molecule has 0 aromatic heterocycles. The Hall–Kier alpha value is -2.29. The van der Waals surface area contributed by atoms with Crippen molar-refractivity contribution in [2.24, 2.45) is 5.10 Å². The number of halogens is 1. The number of carbonyl (C=O) groups is 1. The van der Waals surface area contributed by atoms with Crippen LogP contribution >= 0.6 is 22.6 Å². The minimum Gasteiger partial charge on any atom is -0.507 e. The second-order valence-corrected chi connectivity index (χ2v) is 5.43. The molecule has 0 saturated heterocycles. The first kappa shape index (κ1) is 16.1. The van der Waals surface area contributed by atoms with Crippen LogP contribution in [0.4, 0.5) is 0 Å². The van der Waals surface area contributed by atoms with Crippen molar-refractivity contribution >= 4 is 34.7 Å². The summed E-state index contributed by atoms with van der Waals surface area (Å²) in [5.41, 5.74) is 3.11. The Morgan fingerprint density at radius 1 is 1.32 bits per heavy atom. The summed E-state index contributed by atoms with van der Waals surface area (Å²) in [6.45, 7) is 0. The van der Waals surface area contributed by atoms with E-state index in [2.05, 4.69) is 10.5 Å². The number of nitrogens with zero attached hydrogens (tertiary/aromatic N) is 1. The van der Waals surface area contributed by atoms with Crippen LogP contribution in [0.2, 0.25) is 0 Å². The van der Waals surface area contributed by atoms with Crippen molar-refractivity contribution in [3.8, 4) is 17.2 Å². The number of rotatable bonds is 4. The second kappa shape index (κ2) is 7.12. The van der Waals surface area contributed by atoms with E-state index >= 15 is 0 Å². The molecule has 0 aliphatic rings. The average Bonchev–Trinajstić information content (AvgIpc) is 2.50. The maximum absolute atomic E-state index is 11.8. The van der Waals surface area contributed by atoms with E-state index < -0.39 is 5.91 Å². The summed E-state index contributed by atoms with van der Waals surface area (Å²) >= 11 is 1.97. The van der Waals surface area contributed by atoms with Crippen LogP contribution in [0.1, 0.15) is 15.9 Å². The van der Waals surface area contributed by atoms with E-state index in [0.29, 0.717) is 14.9 Å². The quantitative estimate of drug-likeness (QED) is 0.409. The summed E-state index contributed by atoms with van der Waals surface area (Å²) in [5, 5.41) is 23.1. The molecule has 2 aromatic rings. The van der Waals surface area contributed by atoms with E-state index in [0.717, 1.165) is 0 Å². The van der Waals surface area contributed by atoms with E-state index in [1.807, 2.05) is 22.6 Å². The molecule has 0 aliphatic carbocycles. The van der Waals surface area contributed by atoms with Gasteiger partial charge in [-0.05, 0) is 52.4 Å². The lowest BCUT2D eigenvalue weighted by Gasteiger charge is -2.06. The normalized spacial score (nSPS) is 10.6. The fourth-order valence-corrected chi connectivity index (χ4v) is 2.34. The van der Waals surface area contributed by atoms with Gasteiger partial charge >= 0.3 is 0 Å². The number of hydrazone groups is 1. The van der Waals surface area contributed by atoms with E-state index in [-0.39, 0.29) is 17.1 Å². The highest BCUT2D eigenvalue weighted by molar-refractivity contribution is 14.1. The Balaban J connectivity index is 2.12. The first-order valence-electron chi connectivity index (χ1n) is 6.21.